The SMILES string of the molecule is C=C(Nc1ccccc1)c1cc(NC(=O)CCN2CCCC2)cc(NC(=O)Nc2cc(NC(=O)CCN3CCCC3)cc(C(=O)Nc3ccccc3)c2)c1. The Balaban J connectivity index is 1.18. The van der Waals surface area contributed by atoms with Gasteiger partial charge in [0.25, 0.3) is 5.91 Å². The van der Waals surface area contributed by atoms with Crippen LogP contribution in [0.3, 0.4) is 0 Å². The standard InChI is InChI=1S/C42H48N8O4/c1-30(43-33-12-4-2-5-13-33)31-24-35(44-39(51)16-22-49-18-8-9-19-49)28-37(25-31)47-42(54)48-38-27-32(41(53)46-34-14-6-3-7-15-34)26-36(29-38)45-40(52)17-23-50-20-10-11-21-50/h2-7,12-15,24-29,43H,1,8-11,16-23H2,(H,44,51)(H,45,52)(H,46,53)(H2,47,48,54). The van der Waals surface area contributed by atoms with E-state index in [9.17, 15) is 19.2 Å². The molecule has 0 aliphatic carbocycles. The Bertz CT molecular complexity index is 1800. The molecule has 2 heterocycles. The lowest BCUT2D eigenvalue weighted by atomic mass is 10.1. The average molecular weight is 729 g/mol. The Hall–Kier alpha value is -5.98. The molecule has 12 heteroatoms. The molecule has 2 aliphatic heterocycles. The highest BCUT2D eigenvalue weighted by Crippen LogP contribution is 2.27. The number of amides is 5. The summed E-state index contributed by atoms with van der Waals surface area (Å²) in [5, 5.41) is 17.7. The number of carbonyl (C=O) groups is 4. The number of hydrogen-bond acceptors (Lipinski definition) is 7. The van der Waals surface area contributed by atoms with Crippen molar-refractivity contribution < 1.29 is 19.2 Å². The molecule has 0 bridgehead atoms. The maximum absolute atomic E-state index is 13.5. The molecule has 0 radical (unpaired) electrons. The van der Waals surface area contributed by atoms with Gasteiger partial charge in [0.15, 0.2) is 0 Å². The Labute approximate surface area is 316 Å². The molecule has 6 rings (SSSR count). The lowest BCUT2D eigenvalue weighted by Gasteiger charge is -2.17. The maximum atomic E-state index is 13.5. The van der Waals surface area contributed by atoms with E-state index in [4.69, 9.17) is 0 Å². The van der Waals surface area contributed by atoms with Gasteiger partial charge in [0, 0.05) is 76.9 Å². The number of para-hydroxylation sites is 2. The number of urea groups is 1. The van der Waals surface area contributed by atoms with Crippen LogP contribution in [-0.2, 0) is 9.59 Å². The molecule has 0 atom stereocenters. The van der Waals surface area contributed by atoms with Gasteiger partial charge in [0.2, 0.25) is 11.8 Å². The molecule has 6 N–H and O–H groups in total. The number of likely N-dealkylation sites (tertiary alicyclic amines) is 2. The van der Waals surface area contributed by atoms with Crippen molar-refractivity contribution in [2.24, 2.45) is 0 Å². The quantitative estimate of drug-likeness (QED) is 0.0743. The minimum absolute atomic E-state index is 0.128. The topological polar surface area (TPSA) is 147 Å². The molecule has 0 saturated carbocycles. The van der Waals surface area contributed by atoms with Crippen LogP contribution in [-0.4, -0.2) is 72.8 Å². The van der Waals surface area contributed by atoms with Gasteiger partial charge in [-0.2, -0.15) is 0 Å². The second-order valence-corrected chi connectivity index (χ2v) is 13.7. The minimum Gasteiger partial charge on any atom is -0.356 e. The van der Waals surface area contributed by atoms with E-state index in [1.165, 1.54) is 0 Å². The highest BCUT2D eigenvalue weighted by molar-refractivity contribution is 6.08. The van der Waals surface area contributed by atoms with Gasteiger partial charge in [0.1, 0.15) is 0 Å². The van der Waals surface area contributed by atoms with Crippen molar-refractivity contribution in [3.63, 3.8) is 0 Å². The van der Waals surface area contributed by atoms with Crippen LogP contribution in [0, 0.1) is 0 Å². The summed E-state index contributed by atoms with van der Waals surface area (Å²) in [6.07, 6.45) is 5.23. The zero-order chi connectivity index (χ0) is 37.7. The molecule has 2 aliphatic rings. The summed E-state index contributed by atoms with van der Waals surface area (Å²) in [6, 6.07) is 28.0. The van der Waals surface area contributed by atoms with E-state index in [-0.39, 0.29) is 17.4 Å². The van der Waals surface area contributed by atoms with E-state index in [1.807, 2.05) is 54.6 Å². The highest BCUT2D eigenvalue weighted by atomic mass is 16.2. The number of rotatable bonds is 15. The fraction of sp³-hybridized carbons (Fsp3) is 0.286. The second-order valence-electron chi connectivity index (χ2n) is 13.7. The van der Waals surface area contributed by atoms with Crippen molar-refractivity contribution in [2.75, 3.05) is 71.2 Å². The minimum atomic E-state index is -0.591. The van der Waals surface area contributed by atoms with Crippen LogP contribution in [0.4, 0.5) is 38.9 Å². The summed E-state index contributed by atoms with van der Waals surface area (Å²) in [5.74, 6) is -0.717. The number of hydrogen-bond donors (Lipinski definition) is 6. The van der Waals surface area contributed by atoms with Crippen LogP contribution >= 0.6 is 0 Å². The highest BCUT2D eigenvalue weighted by Gasteiger charge is 2.17. The molecule has 280 valence electrons. The van der Waals surface area contributed by atoms with Crippen molar-refractivity contribution in [2.45, 2.75) is 38.5 Å². The second kappa shape index (κ2) is 18.7. The van der Waals surface area contributed by atoms with E-state index in [0.29, 0.717) is 65.6 Å². The largest absolute Gasteiger partial charge is 0.356 e. The van der Waals surface area contributed by atoms with Gasteiger partial charge in [-0.05, 0) is 113 Å². The van der Waals surface area contributed by atoms with Gasteiger partial charge in [-0.1, -0.05) is 43.0 Å². The van der Waals surface area contributed by atoms with Gasteiger partial charge in [-0.3, -0.25) is 14.4 Å². The molecule has 0 unspecified atom stereocenters. The smallest absolute Gasteiger partial charge is 0.323 e. The first-order valence-electron chi connectivity index (χ1n) is 18.6. The van der Waals surface area contributed by atoms with E-state index in [2.05, 4.69) is 48.3 Å². The molecule has 4 aromatic carbocycles. The van der Waals surface area contributed by atoms with E-state index in [1.54, 1.807) is 42.5 Å². The lowest BCUT2D eigenvalue weighted by Crippen LogP contribution is -2.25. The number of nitrogens with one attached hydrogen (secondary N) is 6. The van der Waals surface area contributed by atoms with Crippen molar-refractivity contribution in [3.8, 4) is 0 Å². The molecular weight excluding hydrogens is 681 g/mol. The van der Waals surface area contributed by atoms with Gasteiger partial charge in [-0.15, -0.1) is 0 Å². The Morgan fingerprint density at radius 1 is 0.481 bits per heavy atom. The summed E-state index contributed by atoms with van der Waals surface area (Å²) in [6.45, 7) is 9.52. The summed E-state index contributed by atoms with van der Waals surface area (Å²) < 4.78 is 0. The van der Waals surface area contributed by atoms with E-state index < -0.39 is 11.9 Å². The normalized spacial score (nSPS) is 14.2. The van der Waals surface area contributed by atoms with Gasteiger partial charge >= 0.3 is 6.03 Å². The molecule has 5 amide bonds. The number of benzene rings is 4. The Morgan fingerprint density at radius 2 is 0.889 bits per heavy atom. The average Bonchev–Trinajstić information content (AvgIpc) is 3.89. The fourth-order valence-corrected chi connectivity index (χ4v) is 6.61. The number of carbonyl (C=O) groups excluding carboxylic acids is 4. The molecule has 0 aromatic heterocycles. The third-order valence-corrected chi connectivity index (χ3v) is 9.37. The van der Waals surface area contributed by atoms with Crippen LogP contribution in [0.1, 0.15) is 54.4 Å². The summed E-state index contributed by atoms with van der Waals surface area (Å²) >= 11 is 0. The first kappa shape index (κ1) is 37.8. The molecule has 0 spiro atoms. The molecule has 2 saturated heterocycles. The Kier molecular flexibility index (Phi) is 13.1. The monoisotopic (exact) mass is 728 g/mol. The van der Waals surface area contributed by atoms with E-state index in [0.717, 1.165) is 57.5 Å². The van der Waals surface area contributed by atoms with Crippen LogP contribution in [0.2, 0.25) is 0 Å². The summed E-state index contributed by atoms with van der Waals surface area (Å²) in [7, 11) is 0. The van der Waals surface area contributed by atoms with E-state index >= 15 is 0 Å². The van der Waals surface area contributed by atoms with Crippen molar-refractivity contribution in [3.05, 3.63) is 115 Å². The van der Waals surface area contributed by atoms with Crippen molar-refractivity contribution >= 4 is 63.6 Å². The molecule has 54 heavy (non-hydrogen) atoms. The number of nitrogens with zero attached hydrogens (tertiary/aromatic N) is 2. The van der Waals surface area contributed by atoms with Gasteiger partial charge < -0.3 is 41.7 Å². The van der Waals surface area contributed by atoms with Crippen LogP contribution < -0.4 is 31.9 Å². The first-order valence-corrected chi connectivity index (χ1v) is 18.6. The summed E-state index contributed by atoms with van der Waals surface area (Å²) in [5.41, 5.74) is 4.50. The fourth-order valence-electron chi connectivity index (χ4n) is 6.61. The first-order chi connectivity index (χ1) is 26.3. The zero-order valence-corrected chi connectivity index (χ0v) is 30.5. The Morgan fingerprint density at radius 3 is 1.35 bits per heavy atom. The molecule has 4 aromatic rings. The summed E-state index contributed by atoms with van der Waals surface area (Å²) in [4.78, 5) is 57.4. The maximum Gasteiger partial charge on any atom is 0.323 e. The molecular formula is C42H48N8O4. The van der Waals surface area contributed by atoms with Crippen LogP contribution in [0.15, 0.2) is 104 Å². The van der Waals surface area contributed by atoms with Crippen molar-refractivity contribution in [1.82, 2.24) is 9.80 Å². The number of anilines is 6. The third kappa shape index (κ3) is 11.5. The predicted molar refractivity (Wildman–Crippen MR) is 217 cm³/mol. The van der Waals surface area contributed by atoms with Crippen LogP contribution in [0.5, 0.6) is 0 Å². The van der Waals surface area contributed by atoms with Crippen molar-refractivity contribution in [1.29, 1.82) is 0 Å². The predicted octanol–water partition coefficient (Wildman–Crippen LogP) is 7.51. The lowest BCUT2D eigenvalue weighted by molar-refractivity contribution is -0.117. The molecule has 12 nitrogen and oxygen atoms in total. The van der Waals surface area contributed by atoms with Crippen LogP contribution in [0.25, 0.3) is 5.70 Å². The van der Waals surface area contributed by atoms with Gasteiger partial charge in [-0.25, -0.2) is 4.79 Å². The molecule has 2 fully saturated rings. The third-order valence-electron chi connectivity index (χ3n) is 9.37. The van der Waals surface area contributed by atoms with Gasteiger partial charge in [0.05, 0.1) is 0 Å². The zero-order valence-electron chi connectivity index (χ0n) is 30.5.